The van der Waals surface area contributed by atoms with Gasteiger partial charge in [-0.1, -0.05) is 17.4 Å². The minimum absolute atomic E-state index is 0.0262. The number of para-hydroxylation sites is 2. The Kier molecular flexibility index (Phi) is 3.23. The number of hydrogen-bond acceptors (Lipinski definition) is 7. The van der Waals surface area contributed by atoms with Gasteiger partial charge in [-0.15, -0.1) is 0 Å². The third-order valence-corrected chi connectivity index (χ3v) is 6.53. The van der Waals surface area contributed by atoms with Crippen molar-refractivity contribution in [2.45, 2.75) is 38.4 Å². The summed E-state index contributed by atoms with van der Waals surface area (Å²) in [7, 11) is 0. The van der Waals surface area contributed by atoms with E-state index in [1.54, 1.807) is 23.2 Å². The summed E-state index contributed by atoms with van der Waals surface area (Å²) in [4.78, 5) is 38.2. The summed E-state index contributed by atoms with van der Waals surface area (Å²) in [5, 5.41) is 21.6. The van der Waals surface area contributed by atoms with Crippen LogP contribution in [0.2, 0.25) is 0 Å². The molecule has 9 nitrogen and oxygen atoms in total. The summed E-state index contributed by atoms with van der Waals surface area (Å²) in [6.07, 6.45) is 0.740. The average molecular weight is 369 g/mol. The zero-order valence-corrected chi connectivity index (χ0v) is 14.9. The molecule has 3 fully saturated rings. The molecule has 1 aromatic rings. The highest BCUT2D eigenvalue weighted by molar-refractivity contribution is 6.06. The van der Waals surface area contributed by atoms with Gasteiger partial charge in [-0.2, -0.15) is 5.11 Å². The first-order chi connectivity index (χ1) is 12.9. The summed E-state index contributed by atoms with van der Waals surface area (Å²) in [6.45, 7) is 3.69. The van der Waals surface area contributed by atoms with Gasteiger partial charge in [0.15, 0.2) is 0 Å². The fraction of sp³-hybridized carbons (Fsp3) is 0.556. The van der Waals surface area contributed by atoms with Gasteiger partial charge in [0.25, 0.3) is 5.69 Å². The van der Waals surface area contributed by atoms with Crippen molar-refractivity contribution >= 4 is 23.2 Å². The zero-order chi connectivity index (χ0) is 19.0. The largest absolute Gasteiger partial charge is 0.294 e. The van der Waals surface area contributed by atoms with Gasteiger partial charge in [-0.3, -0.25) is 24.6 Å². The molecule has 2 heterocycles. The Bertz CT molecular complexity index is 899. The Morgan fingerprint density at radius 1 is 1.15 bits per heavy atom. The van der Waals surface area contributed by atoms with Crippen LogP contribution in [0.15, 0.2) is 34.6 Å². The Labute approximate surface area is 155 Å². The first-order valence-electron chi connectivity index (χ1n) is 9.22. The molecule has 2 amide bonds. The van der Waals surface area contributed by atoms with Crippen LogP contribution in [-0.4, -0.2) is 39.8 Å². The van der Waals surface area contributed by atoms with Gasteiger partial charge in [-0.05, 0) is 38.2 Å². The number of nitrogens with zero attached hydrogens (tertiary/aromatic N) is 5. The number of fused-ring (bicyclic) bond motifs is 8. The van der Waals surface area contributed by atoms with E-state index >= 15 is 0 Å². The summed E-state index contributed by atoms with van der Waals surface area (Å²) in [6, 6.07) is 5.88. The molecule has 0 aromatic heterocycles. The number of carbonyl (C=O) groups is 2. The van der Waals surface area contributed by atoms with Gasteiger partial charge in [0.1, 0.15) is 5.69 Å². The Morgan fingerprint density at radius 2 is 1.81 bits per heavy atom. The first kappa shape index (κ1) is 16.3. The summed E-state index contributed by atoms with van der Waals surface area (Å²) >= 11 is 0. The molecule has 4 aliphatic rings. The topological polar surface area (TPSA) is 108 Å². The van der Waals surface area contributed by atoms with Crippen molar-refractivity contribution < 1.29 is 14.5 Å². The summed E-state index contributed by atoms with van der Waals surface area (Å²) < 4.78 is 0. The smallest absolute Gasteiger partial charge is 0.280 e. The number of amides is 2. The van der Waals surface area contributed by atoms with E-state index in [4.69, 9.17) is 0 Å². The Morgan fingerprint density at radius 3 is 2.48 bits per heavy atom. The van der Waals surface area contributed by atoms with Crippen LogP contribution < -0.4 is 5.01 Å². The van der Waals surface area contributed by atoms with Gasteiger partial charge in [0.05, 0.1) is 28.8 Å². The normalized spacial score (nSPS) is 36.1. The number of nitro groups is 1. The van der Waals surface area contributed by atoms with E-state index in [2.05, 4.69) is 10.3 Å². The molecule has 5 rings (SSSR count). The molecule has 2 bridgehead atoms. The number of benzene rings is 1. The molecule has 2 aliphatic heterocycles. The van der Waals surface area contributed by atoms with Crippen LogP contribution in [0, 0.1) is 33.8 Å². The minimum Gasteiger partial charge on any atom is -0.280 e. The number of nitro benzene ring substituents is 1. The Hall–Kier alpha value is -2.84. The second-order valence-electron chi connectivity index (χ2n) is 8.03. The van der Waals surface area contributed by atoms with Gasteiger partial charge >= 0.3 is 0 Å². The van der Waals surface area contributed by atoms with Gasteiger partial charge in [0.2, 0.25) is 11.8 Å². The standard InChI is InChI=1S/C18H19N5O4/c1-8(2)21-17(24)13-9-7-10(14(13)18(21)25)16-15(9)19-20-22(16)11-5-3-4-6-12(11)23(26)27/h3-6,8-10,13-16H,7H2,1-2H3/t9-,10+,13-,14+,15+,16+/m1/s1. The van der Waals surface area contributed by atoms with E-state index in [1.807, 2.05) is 13.8 Å². The molecule has 0 N–H and O–H groups in total. The molecular formula is C18H19N5O4. The lowest BCUT2D eigenvalue weighted by Crippen LogP contribution is -2.47. The monoisotopic (exact) mass is 369 g/mol. The highest BCUT2D eigenvalue weighted by atomic mass is 16.6. The third kappa shape index (κ3) is 1.94. The lowest BCUT2D eigenvalue weighted by molar-refractivity contribution is -0.384. The molecule has 2 aliphatic carbocycles. The van der Waals surface area contributed by atoms with Crippen molar-refractivity contribution in [1.29, 1.82) is 0 Å². The first-order valence-corrected chi connectivity index (χ1v) is 9.22. The van der Waals surface area contributed by atoms with E-state index < -0.39 is 4.92 Å². The maximum Gasteiger partial charge on any atom is 0.294 e. The van der Waals surface area contributed by atoms with E-state index in [-0.39, 0.29) is 59.3 Å². The van der Waals surface area contributed by atoms with Crippen LogP contribution >= 0.6 is 0 Å². The lowest BCUT2D eigenvalue weighted by Gasteiger charge is -2.33. The van der Waals surface area contributed by atoms with Gasteiger partial charge in [-0.25, -0.2) is 5.01 Å². The highest BCUT2D eigenvalue weighted by Crippen LogP contribution is 2.60. The predicted octanol–water partition coefficient (Wildman–Crippen LogP) is 2.18. The molecule has 9 heteroatoms. The average Bonchev–Trinajstić information content (AvgIpc) is 3.34. The molecule has 6 atom stereocenters. The molecule has 1 saturated heterocycles. The number of hydrogen-bond donors (Lipinski definition) is 0. The fourth-order valence-electron chi connectivity index (χ4n) is 5.64. The second-order valence-corrected chi connectivity index (χ2v) is 8.03. The van der Waals surface area contributed by atoms with Crippen molar-refractivity contribution in [2.75, 3.05) is 5.01 Å². The SMILES string of the molecule is CC(C)N1C(=O)[C@@H]2[C@H]3C[C@@H]([C@@H]2C1=O)[C@H]1[C@H]3N=NN1c1ccccc1[N+](=O)[O-]. The van der Waals surface area contributed by atoms with Crippen molar-refractivity contribution in [3.05, 3.63) is 34.4 Å². The summed E-state index contributed by atoms with van der Waals surface area (Å²) in [5.41, 5.74) is 0.356. The van der Waals surface area contributed by atoms with Crippen LogP contribution in [0.3, 0.4) is 0 Å². The van der Waals surface area contributed by atoms with Crippen molar-refractivity contribution in [2.24, 2.45) is 34.0 Å². The number of imide groups is 1. The second kappa shape index (κ2) is 5.34. The number of rotatable bonds is 3. The van der Waals surface area contributed by atoms with Crippen LogP contribution in [0.25, 0.3) is 0 Å². The highest BCUT2D eigenvalue weighted by Gasteiger charge is 2.70. The molecule has 0 spiro atoms. The van der Waals surface area contributed by atoms with Crippen molar-refractivity contribution in [1.82, 2.24) is 4.90 Å². The van der Waals surface area contributed by atoms with Crippen LogP contribution in [-0.2, 0) is 9.59 Å². The fourth-order valence-corrected chi connectivity index (χ4v) is 5.64. The maximum absolute atomic E-state index is 13.0. The molecule has 27 heavy (non-hydrogen) atoms. The van der Waals surface area contributed by atoms with Crippen molar-refractivity contribution in [3.63, 3.8) is 0 Å². The predicted molar refractivity (Wildman–Crippen MR) is 93.6 cm³/mol. The molecule has 140 valence electrons. The minimum atomic E-state index is -0.432. The molecule has 0 radical (unpaired) electrons. The zero-order valence-electron chi connectivity index (χ0n) is 14.9. The lowest BCUT2D eigenvalue weighted by atomic mass is 9.76. The number of carbonyl (C=O) groups excluding carboxylic acids is 2. The van der Waals surface area contributed by atoms with Gasteiger partial charge < -0.3 is 0 Å². The molecule has 1 aromatic carbocycles. The van der Waals surface area contributed by atoms with Crippen molar-refractivity contribution in [3.8, 4) is 0 Å². The summed E-state index contributed by atoms with van der Waals surface area (Å²) in [5.74, 6) is -0.983. The number of likely N-dealkylation sites (tertiary alicyclic amines) is 1. The molecule has 0 unspecified atom stereocenters. The third-order valence-electron chi connectivity index (χ3n) is 6.53. The van der Waals surface area contributed by atoms with E-state index in [9.17, 15) is 19.7 Å². The van der Waals surface area contributed by atoms with E-state index in [0.29, 0.717) is 5.69 Å². The van der Waals surface area contributed by atoms with Crippen LogP contribution in [0.1, 0.15) is 20.3 Å². The Balaban J connectivity index is 1.53. The van der Waals surface area contributed by atoms with E-state index in [0.717, 1.165) is 6.42 Å². The van der Waals surface area contributed by atoms with E-state index in [1.165, 1.54) is 11.0 Å². The van der Waals surface area contributed by atoms with Crippen LogP contribution in [0.4, 0.5) is 11.4 Å². The van der Waals surface area contributed by atoms with Crippen LogP contribution in [0.5, 0.6) is 0 Å². The maximum atomic E-state index is 13.0. The number of anilines is 1. The van der Waals surface area contributed by atoms with Gasteiger partial charge in [0, 0.05) is 12.1 Å². The molecular weight excluding hydrogens is 350 g/mol. The quantitative estimate of drug-likeness (QED) is 0.461. The molecule has 2 saturated carbocycles.